The van der Waals surface area contributed by atoms with Gasteiger partial charge in [-0.05, 0) is 81.8 Å². The summed E-state index contributed by atoms with van der Waals surface area (Å²) in [5, 5.41) is 6.59. The van der Waals surface area contributed by atoms with Gasteiger partial charge in [0.05, 0.1) is 0 Å². The Bertz CT molecular complexity index is 2050. The number of nitrogens with zero attached hydrogens (tertiary/aromatic N) is 1. The maximum atomic E-state index is 16.0. The van der Waals surface area contributed by atoms with E-state index in [9.17, 15) is 0 Å². The van der Waals surface area contributed by atoms with Crippen LogP contribution in [0, 0.1) is 18.7 Å². The normalized spacial score (nSPS) is 11.9. The standard InChI is InChI=1S/C36H28FNO/c1-21(2)18-25-20-26(19-24-13-12-23-9-5-7-11-28(23)32(24)25)34-36-31(16-17-38-34)30-15-14-29(33(37)35(30)39-36)27-10-6-4-8-22(27)3/h4-17,19-21H,18H2,1-3H3. The number of aryl methyl sites for hydroxylation is 1. The van der Waals surface area contributed by atoms with Crippen LogP contribution in [-0.4, -0.2) is 4.98 Å². The van der Waals surface area contributed by atoms with E-state index in [1.165, 1.54) is 27.1 Å². The number of pyridine rings is 1. The fourth-order valence-corrected chi connectivity index (χ4v) is 6.00. The van der Waals surface area contributed by atoms with Gasteiger partial charge in [0.2, 0.25) is 0 Å². The Kier molecular flexibility index (Phi) is 5.48. The molecular weight excluding hydrogens is 481 g/mol. The van der Waals surface area contributed by atoms with Crippen molar-refractivity contribution in [2.24, 2.45) is 5.92 Å². The smallest absolute Gasteiger partial charge is 0.174 e. The minimum absolute atomic E-state index is 0.272. The van der Waals surface area contributed by atoms with Crippen molar-refractivity contribution in [3.8, 4) is 22.4 Å². The van der Waals surface area contributed by atoms with Crippen LogP contribution in [0.5, 0.6) is 0 Å². The lowest BCUT2D eigenvalue weighted by Crippen LogP contribution is -1.97. The van der Waals surface area contributed by atoms with E-state index in [-0.39, 0.29) is 11.4 Å². The van der Waals surface area contributed by atoms with Gasteiger partial charge in [0.1, 0.15) is 5.69 Å². The number of rotatable bonds is 4. The first-order valence-electron chi connectivity index (χ1n) is 13.5. The van der Waals surface area contributed by atoms with Gasteiger partial charge in [-0.1, -0.05) is 80.6 Å². The largest absolute Gasteiger partial charge is 0.451 e. The molecule has 7 aromatic rings. The Labute approximate surface area is 226 Å². The van der Waals surface area contributed by atoms with Crippen molar-refractivity contribution >= 4 is 43.5 Å². The molecule has 2 heterocycles. The molecule has 0 aliphatic rings. The molecule has 0 unspecified atom stereocenters. The third kappa shape index (κ3) is 3.80. The topological polar surface area (TPSA) is 26.0 Å². The predicted octanol–water partition coefficient (Wildman–Crippen LogP) is 10.3. The summed E-state index contributed by atoms with van der Waals surface area (Å²) >= 11 is 0. The Balaban J connectivity index is 1.48. The molecule has 0 fully saturated rings. The van der Waals surface area contributed by atoms with Gasteiger partial charge in [0.25, 0.3) is 0 Å². The van der Waals surface area contributed by atoms with Crippen LogP contribution in [-0.2, 0) is 6.42 Å². The first kappa shape index (κ1) is 23.6. The number of aromatic nitrogens is 1. The highest BCUT2D eigenvalue weighted by Gasteiger charge is 2.20. The van der Waals surface area contributed by atoms with E-state index in [0.29, 0.717) is 17.1 Å². The van der Waals surface area contributed by atoms with Gasteiger partial charge >= 0.3 is 0 Å². The van der Waals surface area contributed by atoms with E-state index in [4.69, 9.17) is 9.40 Å². The zero-order valence-electron chi connectivity index (χ0n) is 22.3. The number of hydrogen-bond donors (Lipinski definition) is 0. The maximum absolute atomic E-state index is 16.0. The summed E-state index contributed by atoms with van der Waals surface area (Å²) in [5.74, 6) is 0.153. The average molecular weight is 510 g/mol. The van der Waals surface area contributed by atoms with Crippen LogP contribution in [0.25, 0.3) is 65.9 Å². The van der Waals surface area contributed by atoms with E-state index in [0.717, 1.165) is 39.6 Å². The Morgan fingerprint density at radius 2 is 1.51 bits per heavy atom. The van der Waals surface area contributed by atoms with Gasteiger partial charge in [-0.3, -0.25) is 4.98 Å². The van der Waals surface area contributed by atoms with Gasteiger partial charge in [0.15, 0.2) is 17.0 Å². The van der Waals surface area contributed by atoms with Crippen molar-refractivity contribution in [3.05, 3.63) is 114 Å². The fraction of sp³-hybridized carbons (Fsp3) is 0.139. The molecule has 0 spiro atoms. The molecule has 0 bridgehead atoms. The molecule has 0 saturated carbocycles. The fourth-order valence-electron chi connectivity index (χ4n) is 6.00. The Morgan fingerprint density at radius 1 is 0.744 bits per heavy atom. The molecule has 0 radical (unpaired) electrons. The van der Waals surface area contributed by atoms with Crippen LogP contribution >= 0.6 is 0 Å². The van der Waals surface area contributed by atoms with Crippen LogP contribution in [0.1, 0.15) is 25.0 Å². The van der Waals surface area contributed by atoms with Gasteiger partial charge in [-0.25, -0.2) is 4.39 Å². The molecule has 5 aromatic carbocycles. The summed E-state index contributed by atoms with van der Waals surface area (Å²) in [5.41, 5.74) is 6.34. The summed E-state index contributed by atoms with van der Waals surface area (Å²) in [6.07, 6.45) is 2.75. The predicted molar refractivity (Wildman–Crippen MR) is 161 cm³/mol. The Morgan fingerprint density at radius 3 is 2.36 bits per heavy atom. The third-order valence-corrected chi connectivity index (χ3v) is 7.76. The summed E-state index contributed by atoms with van der Waals surface area (Å²) in [6.45, 7) is 6.49. The van der Waals surface area contributed by atoms with Crippen molar-refractivity contribution in [3.63, 3.8) is 0 Å². The molecule has 0 amide bonds. The van der Waals surface area contributed by atoms with Crippen LogP contribution in [0.3, 0.4) is 0 Å². The van der Waals surface area contributed by atoms with E-state index in [1.54, 1.807) is 6.20 Å². The van der Waals surface area contributed by atoms with Crippen LogP contribution in [0.4, 0.5) is 4.39 Å². The SMILES string of the molecule is Cc1ccccc1-c1ccc2c(oc3c(-c4cc(CC(C)C)c5c(ccc6ccccc65)c4)nccc32)c1F. The molecule has 39 heavy (non-hydrogen) atoms. The summed E-state index contributed by atoms with van der Waals surface area (Å²) in [4.78, 5) is 4.77. The van der Waals surface area contributed by atoms with E-state index >= 15 is 4.39 Å². The van der Waals surface area contributed by atoms with Crippen molar-refractivity contribution in [1.82, 2.24) is 4.98 Å². The zero-order chi connectivity index (χ0) is 26.7. The second-order valence-electron chi connectivity index (χ2n) is 10.9. The first-order chi connectivity index (χ1) is 19.0. The lowest BCUT2D eigenvalue weighted by molar-refractivity contribution is 0.586. The summed E-state index contributed by atoms with van der Waals surface area (Å²) < 4.78 is 22.3. The van der Waals surface area contributed by atoms with Crippen molar-refractivity contribution in [2.75, 3.05) is 0 Å². The average Bonchev–Trinajstić information content (AvgIpc) is 3.33. The third-order valence-electron chi connectivity index (χ3n) is 7.76. The summed E-state index contributed by atoms with van der Waals surface area (Å²) in [7, 11) is 0. The minimum Gasteiger partial charge on any atom is -0.451 e. The highest BCUT2D eigenvalue weighted by atomic mass is 19.1. The number of hydrogen-bond acceptors (Lipinski definition) is 2. The minimum atomic E-state index is -0.338. The molecule has 2 nitrogen and oxygen atoms in total. The molecule has 0 aliphatic heterocycles. The highest BCUT2D eigenvalue weighted by Crippen LogP contribution is 2.40. The number of halogens is 1. The monoisotopic (exact) mass is 509 g/mol. The van der Waals surface area contributed by atoms with Crippen molar-refractivity contribution in [2.45, 2.75) is 27.2 Å². The molecular formula is C36H28FNO. The van der Waals surface area contributed by atoms with E-state index in [2.05, 4.69) is 62.4 Å². The van der Waals surface area contributed by atoms with Gasteiger partial charge in [0, 0.05) is 28.1 Å². The summed E-state index contributed by atoms with van der Waals surface area (Å²) in [6, 6.07) is 31.0. The molecule has 0 N–H and O–H groups in total. The Hall–Kier alpha value is -4.50. The molecule has 0 atom stereocenters. The first-order valence-corrected chi connectivity index (χ1v) is 13.5. The second kappa shape index (κ2) is 9.06. The van der Waals surface area contributed by atoms with Gasteiger partial charge in [-0.2, -0.15) is 0 Å². The molecule has 3 heteroatoms. The van der Waals surface area contributed by atoms with E-state index in [1.807, 2.05) is 49.4 Å². The highest BCUT2D eigenvalue weighted by molar-refractivity contribution is 6.13. The number of fused-ring (bicyclic) bond motifs is 6. The molecule has 0 aliphatic carbocycles. The van der Waals surface area contributed by atoms with Crippen LogP contribution < -0.4 is 0 Å². The van der Waals surface area contributed by atoms with Crippen LogP contribution in [0.15, 0.2) is 102 Å². The van der Waals surface area contributed by atoms with Gasteiger partial charge < -0.3 is 4.42 Å². The molecule has 2 aromatic heterocycles. The number of benzene rings is 5. The maximum Gasteiger partial charge on any atom is 0.174 e. The van der Waals surface area contributed by atoms with Crippen LogP contribution in [0.2, 0.25) is 0 Å². The number of furan rings is 1. The lowest BCUT2D eigenvalue weighted by atomic mass is 9.90. The van der Waals surface area contributed by atoms with E-state index < -0.39 is 0 Å². The molecule has 7 rings (SSSR count). The molecule has 0 saturated heterocycles. The lowest BCUT2D eigenvalue weighted by Gasteiger charge is -2.14. The quantitative estimate of drug-likeness (QED) is 0.221. The second-order valence-corrected chi connectivity index (χ2v) is 10.9. The molecule has 190 valence electrons. The van der Waals surface area contributed by atoms with Crippen molar-refractivity contribution in [1.29, 1.82) is 0 Å². The zero-order valence-corrected chi connectivity index (χ0v) is 22.3. The van der Waals surface area contributed by atoms with Gasteiger partial charge in [-0.15, -0.1) is 0 Å². The van der Waals surface area contributed by atoms with Crippen molar-refractivity contribution < 1.29 is 8.81 Å².